The number of ether oxygens (including phenoxy) is 1. The van der Waals surface area contributed by atoms with Crippen molar-refractivity contribution in [3.63, 3.8) is 0 Å². The van der Waals surface area contributed by atoms with Crippen LogP contribution in [-0.2, 0) is 38.9 Å². The highest BCUT2D eigenvalue weighted by atomic mass is 28.4. The van der Waals surface area contributed by atoms with E-state index in [1.165, 1.54) is 55.3 Å². The molecule has 2 bridgehead atoms. The molecule has 4 nitrogen and oxygen atoms in total. The summed E-state index contributed by atoms with van der Waals surface area (Å²) in [6, 6.07) is 23.8. The number of nitrogens with zero attached hydrogens (tertiary/aromatic N) is 1. The van der Waals surface area contributed by atoms with Gasteiger partial charge in [0.15, 0.2) is 20.2 Å². The normalized spacial score (nSPS) is 15.4. The minimum absolute atomic E-state index is 0.186. The van der Waals surface area contributed by atoms with Gasteiger partial charge in [0.25, 0.3) is 0 Å². The van der Waals surface area contributed by atoms with Gasteiger partial charge in [-0.3, -0.25) is 0 Å². The summed E-state index contributed by atoms with van der Waals surface area (Å²) in [6.45, 7) is 9.30. The van der Waals surface area contributed by atoms with E-state index in [9.17, 15) is 4.79 Å². The van der Waals surface area contributed by atoms with Gasteiger partial charge in [0.1, 0.15) is 5.60 Å². The number of aryl methyl sites for hydroxylation is 1. The minimum atomic E-state index is -2.10. The molecule has 0 unspecified atom stereocenters. The van der Waals surface area contributed by atoms with Gasteiger partial charge in [0.05, 0.1) is 12.2 Å². The van der Waals surface area contributed by atoms with Crippen LogP contribution in [0.4, 0.5) is 0 Å². The highest BCUT2D eigenvalue weighted by molar-refractivity contribution is 6.69. The zero-order valence-corrected chi connectivity index (χ0v) is 26.1. The van der Waals surface area contributed by atoms with Crippen LogP contribution >= 0.6 is 0 Å². The van der Waals surface area contributed by atoms with Crippen LogP contribution in [0.2, 0.25) is 19.6 Å². The maximum absolute atomic E-state index is 12.9. The Kier molecular flexibility index (Phi) is 10.7. The zero-order chi connectivity index (χ0) is 28.4. The van der Waals surface area contributed by atoms with E-state index < -0.39 is 13.9 Å². The van der Waals surface area contributed by atoms with Crippen molar-refractivity contribution in [1.29, 1.82) is 0 Å². The predicted octanol–water partition coefficient (Wildman–Crippen LogP) is 7.90. The first-order valence-electron chi connectivity index (χ1n) is 15.4. The molecule has 40 heavy (non-hydrogen) atoms. The lowest BCUT2D eigenvalue weighted by Gasteiger charge is -2.41. The summed E-state index contributed by atoms with van der Waals surface area (Å²) in [6.07, 6.45) is 14.0. The average Bonchev–Trinajstić information content (AvgIpc) is 2.94. The van der Waals surface area contributed by atoms with Gasteiger partial charge in [-0.25, -0.2) is 4.79 Å². The van der Waals surface area contributed by atoms with E-state index in [2.05, 4.69) is 97.1 Å². The molecular formula is C35H48NO3Si+. The van der Waals surface area contributed by atoms with Crippen molar-refractivity contribution in [2.45, 2.75) is 103 Å². The van der Waals surface area contributed by atoms with Gasteiger partial charge in [-0.05, 0) is 63.0 Å². The molecule has 1 aliphatic heterocycles. The number of fused-ring (bicyclic) bond motifs is 11. The molecule has 2 heterocycles. The van der Waals surface area contributed by atoms with Crippen molar-refractivity contribution in [1.82, 2.24) is 0 Å². The zero-order valence-electron chi connectivity index (χ0n) is 25.1. The maximum atomic E-state index is 12.9. The van der Waals surface area contributed by atoms with Gasteiger partial charge < -0.3 is 9.16 Å². The molecule has 3 aromatic rings. The highest BCUT2D eigenvalue weighted by Crippen LogP contribution is 2.44. The summed E-state index contributed by atoms with van der Waals surface area (Å²) in [4.78, 5) is 12.9. The molecule has 214 valence electrons. The number of aromatic nitrogens is 1. The van der Waals surface area contributed by atoms with Crippen LogP contribution < -0.4 is 4.57 Å². The first-order valence-corrected chi connectivity index (χ1v) is 18.8. The Balaban J connectivity index is 2.04. The molecule has 1 aromatic heterocycles. The van der Waals surface area contributed by atoms with Gasteiger partial charge in [-0.2, -0.15) is 4.57 Å². The SMILES string of the molecule is CCOC(=O)C[n+]1cc2cc(C(O[Si](C)(C)C)(c3ccccc3)c3ccccc3)c1CCCCCCCCCC2. The summed E-state index contributed by atoms with van der Waals surface area (Å²) >= 11 is 0. The Bertz CT molecular complexity index is 1180. The molecule has 0 spiro atoms. The maximum Gasteiger partial charge on any atom is 0.372 e. The first-order chi connectivity index (χ1) is 19.3. The Morgan fingerprint density at radius 1 is 0.800 bits per heavy atom. The summed E-state index contributed by atoms with van der Waals surface area (Å²) in [5.74, 6) is -0.186. The topological polar surface area (TPSA) is 39.4 Å². The van der Waals surface area contributed by atoms with Crippen LogP contribution in [0.15, 0.2) is 72.9 Å². The third-order valence-corrected chi connectivity index (χ3v) is 8.66. The third-order valence-electron chi connectivity index (χ3n) is 7.74. The average molecular weight is 559 g/mol. The van der Waals surface area contributed by atoms with Crippen molar-refractivity contribution >= 4 is 14.3 Å². The molecule has 0 atom stereocenters. The van der Waals surface area contributed by atoms with Gasteiger partial charge in [0.2, 0.25) is 6.54 Å². The molecule has 5 heteroatoms. The summed E-state index contributed by atoms with van der Waals surface area (Å²) in [5.41, 5.74) is 5.09. The van der Waals surface area contributed by atoms with Crippen LogP contribution in [-0.4, -0.2) is 20.9 Å². The summed E-state index contributed by atoms with van der Waals surface area (Å²) in [7, 11) is -2.10. The van der Waals surface area contributed by atoms with E-state index in [1.807, 2.05) is 6.92 Å². The second-order valence-corrected chi connectivity index (χ2v) is 16.5. The van der Waals surface area contributed by atoms with Crippen LogP contribution in [0.3, 0.4) is 0 Å². The van der Waals surface area contributed by atoms with Gasteiger partial charge in [-0.15, -0.1) is 0 Å². The molecule has 5 rings (SSSR count). The molecule has 0 fully saturated rings. The highest BCUT2D eigenvalue weighted by Gasteiger charge is 2.45. The van der Waals surface area contributed by atoms with Crippen molar-refractivity contribution in [2.75, 3.05) is 6.61 Å². The minimum Gasteiger partial charge on any atom is -0.461 e. The fourth-order valence-corrected chi connectivity index (χ4v) is 7.35. The molecule has 0 saturated heterocycles. The second kappa shape index (κ2) is 14.2. The quantitative estimate of drug-likeness (QED) is 0.160. The number of pyridine rings is 1. The fourth-order valence-electron chi connectivity index (χ4n) is 6.08. The van der Waals surface area contributed by atoms with Crippen molar-refractivity contribution in [3.05, 3.63) is 101 Å². The summed E-state index contributed by atoms with van der Waals surface area (Å²) < 4.78 is 15.1. The molecule has 0 saturated carbocycles. The van der Waals surface area contributed by atoms with Crippen LogP contribution in [0.1, 0.15) is 86.2 Å². The largest absolute Gasteiger partial charge is 0.461 e. The lowest BCUT2D eigenvalue weighted by molar-refractivity contribution is -0.694. The number of hydrogen-bond donors (Lipinski definition) is 0. The Hall–Kier alpha value is -2.76. The Morgan fingerprint density at radius 2 is 1.32 bits per heavy atom. The molecule has 0 amide bonds. The van der Waals surface area contributed by atoms with E-state index in [0.717, 1.165) is 36.8 Å². The number of hydrogen-bond acceptors (Lipinski definition) is 3. The third kappa shape index (κ3) is 7.70. The van der Waals surface area contributed by atoms with E-state index in [0.29, 0.717) is 6.61 Å². The van der Waals surface area contributed by atoms with Gasteiger partial charge in [0, 0.05) is 12.0 Å². The number of esters is 1. The predicted molar refractivity (Wildman–Crippen MR) is 165 cm³/mol. The standard InChI is InChI=1S/C35H48NO3Si/c1-5-38-34(37)28-36-27-29-20-14-10-8-6-7-9-11-19-25-33(36)32(26-29)35(39-40(2,3)4,30-21-15-12-16-22-30)31-23-17-13-18-24-31/h12-13,15-18,21-24,26-27H,5-11,14,19-20,25,28H2,1-4H3/q+1. The molecular weight excluding hydrogens is 510 g/mol. The van der Waals surface area contributed by atoms with E-state index in [-0.39, 0.29) is 12.5 Å². The molecule has 1 aliphatic carbocycles. The van der Waals surface area contributed by atoms with Gasteiger partial charge in [-0.1, -0.05) is 99.2 Å². The van der Waals surface area contributed by atoms with Crippen molar-refractivity contribution < 1.29 is 18.5 Å². The molecule has 0 radical (unpaired) electrons. The van der Waals surface area contributed by atoms with Crippen LogP contribution in [0, 0.1) is 0 Å². The van der Waals surface area contributed by atoms with Crippen molar-refractivity contribution in [2.24, 2.45) is 0 Å². The van der Waals surface area contributed by atoms with Crippen molar-refractivity contribution in [3.8, 4) is 0 Å². The first kappa shape index (κ1) is 30.2. The van der Waals surface area contributed by atoms with E-state index in [1.54, 1.807) is 0 Å². The number of carbonyl (C=O) groups excluding carboxylic acids is 1. The molecule has 2 aliphatic rings. The molecule has 2 aromatic carbocycles. The number of carbonyl (C=O) groups is 1. The Labute approximate surface area is 242 Å². The van der Waals surface area contributed by atoms with E-state index >= 15 is 0 Å². The van der Waals surface area contributed by atoms with Crippen LogP contribution in [0.25, 0.3) is 0 Å². The molecule has 0 N–H and O–H groups in total. The summed E-state index contributed by atoms with van der Waals surface area (Å²) in [5, 5.41) is 0. The van der Waals surface area contributed by atoms with Gasteiger partial charge >= 0.3 is 5.97 Å². The lowest BCUT2D eigenvalue weighted by atomic mass is 9.78. The van der Waals surface area contributed by atoms with Crippen LogP contribution in [0.5, 0.6) is 0 Å². The lowest BCUT2D eigenvalue weighted by Crippen LogP contribution is -2.49. The number of rotatable bonds is 8. The smallest absolute Gasteiger partial charge is 0.372 e. The second-order valence-electron chi connectivity index (χ2n) is 12.1. The van der Waals surface area contributed by atoms with E-state index in [4.69, 9.17) is 9.16 Å². The Morgan fingerprint density at radius 3 is 1.85 bits per heavy atom. The fraction of sp³-hybridized carbons (Fsp3) is 0.486. The number of benzene rings is 2. The monoisotopic (exact) mass is 558 g/mol.